The topological polar surface area (TPSA) is 39.2 Å². The van der Waals surface area contributed by atoms with Gasteiger partial charge in [0.1, 0.15) is 0 Å². The second-order valence-corrected chi connectivity index (χ2v) is 2.69. The van der Waals surface area contributed by atoms with Crippen molar-refractivity contribution in [1.29, 1.82) is 0 Å². The zero-order valence-electron chi connectivity index (χ0n) is 7.54. The molecule has 0 fully saturated rings. The molecular formula is C9H9F2NO2. The van der Waals surface area contributed by atoms with Gasteiger partial charge < -0.3 is 4.74 Å². The fourth-order valence-electron chi connectivity index (χ4n) is 0.952. The average molecular weight is 201 g/mol. The number of rotatable bonds is 3. The third kappa shape index (κ3) is 2.48. The number of carbonyl (C=O) groups is 1. The summed E-state index contributed by atoms with van der Waals surface area (Å²) in [5, 5.41) is 0. The third-order valence-corrected chi connectivity index (χ3v) is 1.61. The van der Waals surface area contributed by atoms with Crippen molar-refractivity contribution in [3.63, 3.8) is 0 Å². The number of pyridine rings is 1. The van der Waals surface area contributed by atoms with E-state index in [2.05, 4.69) is 9.72 Å². The van der Waals surface area contributed by atoms with Gasteiger partial charge in [-0.1, -0.05) is 6.07 Å². The summed E-state index contributed by atoms with van der Waals surface area (Å²) in [7, 11) is 0.925. The molecule has 0 saturated carbocycles. The molecule has 3 nitrogen and oxygen atoms in total. The van der Waals surface area contributed by atoms with Crippen LogP contribution in [0.5, 0.6) is 0 Å². The highest BCUT2D eigenvalue weighted by Crippen LogP contribution is 2.20. The van der Waals surface area contributed by atoms with Crippen LogP contribution in [0.1, 0.15) is 5.69 Å². The average Bonchev–Trinajstić information content (AvgIpc) is 2.17. The minimum atomic E-state index is -3.51. The Balaban J connectivity index is 2.73. The standard InChI is InChI=1S/C9H9F2NO2/c1-14-8(13)9(10,11)6-7-4-2-3-5-12-7/h2-5H,6H2,1H3. The molecule has 1 aromatic heterocycles. The van der Waals surface area contributed by atoms with Gasteiger partial charge in [-0.25, -0.2) is 4.79 Å². The summed E-state index contributed by atoms with van der Waals surface area (Å²) in [6, 6.07) is 4.62. The van der Waals surface area contributed by atoms with Crippen LogP contribution in [-0.2, 0) is 16.0 Å². The van der Waals surface area contributed by atoms with E-state index >= 15 is 0 Å². The normalized spacial score (nSPS) is 11.1. The summed E-state index contributed by atoms with van der Waals surface area (Å²) >= 11 is 0. The summed E-state index contributed by atoms with van der Waals surface area (Å²) in [6.07, 6.45) is 0.656. The SMILES string of the molecule is COC(=O)C(F)(F)Cc1ccccn1. The molecule has 0 N–H and O–H groups in total. The van der Waals surface area contributed by atoms with Crippen molar-refractivity contribution in [3.8, 4) is 0 Å². The van der Waals surface area contributed by atoms with Crippen LogP contribution >= 0.6 is 0 Å². The van der Waals surface area contributed by atoms with Crippen LogP contribution in [-0.4, -0.2) is 24.0 Å². The molecule has 0 unspecified atom stereocenters. The molecule has 1 rings (SSSR count). The highest BCUT2D eigenvalue weighted by molar-refractivity contribution is 5.77. The molecule has 0 atom stereocenters. The Morgan fingerprint density at radius 1 is 1.57 bits per heavy atom. The van der Waals surface area contributed by atoms with E-state index in [0.29, 0.717) is 0 Å². The largest absolute Gasteiger partial charge is 0.465 e. The number of aromatic nitrogens is 1. The Labute approximate surface area is 79.7 Å². The summed E-state index contributed by atoms with van der Waals surface area (Å²) in [4.78, 5) is 14.3. The Morgan fingerprint density at radius 2 is 2.29 bits per heavy atom. The quantitative estimate of drug-likeness (QED) is 0.694. The Bertz CT molecular complexity index is 314. The summed E-state index contributed by atoms with van der Waals surface area (Å²) in [5.41, 5.74) is 0.155. The van der Waals surface area contributed by atoms with Crippen molar-refractivity contribution in [2.45, 2.75) is 12.3 Å². The molecule has 0 bridgehead atoms. The number of nitrogens with zero attached hydrogens (tertiary/aromatic N) is 1. The smallest absolute Gasteiger partial charge is 0.377 e. The van der Waals surface area contributed by atoms with Crippen molar-refractivity contribution in [3.05, 3.63) is 30.1 Å². The number of halogens is 2. The first-order chi connectivity index (χ1) is 6.56. The molecule has 5 heteroatoms. The minimum Gasteiger partial charge on any atom is -0.465 e. The number of ether oxygens (including phenoxy) is 1. The van der Waals surface area contributed by atoms with Crippen molar-refractivity contribution in [2.75, 3.05) is 7.11 Å². The summed E-state index contributed by atoms with van der Waals surface area (Å²) in [5.74, 6) is -5.05. The van der Waals surface area contributed by atoms with Gasteiger partial charge in [-0.15, -0.1) is 0 Å². The van der Waals surface area contributed by atoms with E-state index in [1.165, 1.54) is 12.3 Å². The minimum absolute atomic E-state index is 0.155. The zero-order valence-corrected chi connectivity index (χ0v) is 7.54. The molecule has 14 heavy (non-hydrogen) atoms. The second kappa shape index (κ2) is 4.13. The van der Waals surface area contributed by atoms with Gasteiger partial charge in [0, 0.05) is 11.9 Å². The summed E-state index contributed by atoms with van der Waals surface area (Å²) < 4.78 is 29.9. The van der Waals surface area contributed by atoms with Crippen LogP contribution in [0.2, 0.25) is 0 Å². The highest BCUT2D eigenvalue weighted by Gasteiger charge is 2.40. The van der Waals surface area contributed by atoms with Crippen LogP contribution in [0, 0.1) is 0 Å². The lowest BCUT2D eigenvalue weighted by molar-refractivity contribution is -0.168. The lowest BCUT2D eigenvalue weighted by atomic mass is 10.2. The van der Waals surface area contributed by atoms with Crippen molar-refractivity contribution < 1.29 is 18.3 Å². The molecule has 0 amide bonds. The van der Waals surface area contributed by atoms with Crippen LogP contribution in [0.25, 0.3) is 0 Å². The maximum Gasteiger partial charge on any atom is 0.377 e. The van der Waals surface area contributed by atoms with Crippen molar-refractivity contribution >= 4 is 5.97 Å². The van der Waals surface area contributed by atoms with Gasteiger partial charge >= 0.3 is 11.9 Å². The lowest BCUT2D eigenvalue weighted by Gasteiger charge is -2.12. The molecule has 1 aromatic rings. The highest BCUT2D eigenvalue weighted by atomic mass is 19.3. The first-order valence-electron chi connectivity index (χ1n) is 3.92. The first kappa shape index (κ1) is 10.6. The van der Waals surface area contributed by atoms with Gasteiger partial charge in [-0.05, 0) is 12.1 Å². The molecule has 0 aliphatic rings. The molecule has 0 aromatic carbocycles. The number of carbonyl (C=O) groups excluding carboxylic acids is 1. The number of methoxy groups -OCH3 is 1. The zero-order chi connectivity index (χ0) is 10.6. The van der Waals surface area contributed by atoms with E-state index in [9.17, 15) is 13.6 Å². The van der Waals surface area contributed by atoms with Crippen LogP contribution in [0.15, 0.2) is 24.4 Å². The number of hydrogen-bond donors (Lipinski definition) is 0. The monoisotopic (exact) mass is 201 g/mol. The van der Waals surface area contributed by atoms with Gasteiger partial charge in [0.2, 0.25) is 0 Å². The van der Waals surface area contributed by atoms with E-state index < -0.39 is 18.3 Å². The number of esters is 1. The van der Waals surface area contributed by atoms with Crippen LogP contribution in [0.4, 0.5) is 8.78 Å². The van der Waals surface area contributed by atoms with Crippen molar-refractivity contribution in [1.82, 2.24) is 4.98 Å². The fraction of sp³-hybridized carbons (Fsp3) is 0.333. The molecular weight excluding hydrogens is 192 g/mol. The van der Waals surface area contributed by atoms with Gasteiger partial charge in [0.05, 0.1) is 13.5 Å². The lowest BCUT2D eigenvalue weighted by Crippen LogP contribution is -2.32. The van der Waals surface area contributed by atoms with Crippen molar-refractivity contribution in [2.24, 2.45) is 0 Å². The van der Waals surface area contributed by atoms with E-state index in [1.807, 2.05) is 0 Å². The van der Waals surface area contributed by atoms with E-state index in [1.54, 1.807) is 12.1 Å². The third-order valence-electron chi connectivity index (χ3n) is 1.61. The Hall–Kier alpha value is -1.52. The van der Waals surface area contributed by atoms with E-state index in [-0.39, 0.29) is 5.69 Å². The fourth-order valence-corrected chi connectivity index (χ4v) is 0.952. The van der Waals surface area contributed by atoms with E-state index in [4.69, 9.17) is 0 Å². The molecule has 0 spiro atoms. The summed E-state index contributed by atoms with van der Waals surface area (Å²) in [6.45, 7) is 0. The molecule has 0 radical (unpaired) electrons. The molecule has 76 valence electrons. The van der Waals surface area contributed by atoms with Gasteiger partial charge in [-0.3, -0.25) is 4.98 Å². The predicted octanol–water partition coefficient (Wildman–Crippen LogP) is 1.43. The maximum absolute atomic E-state index is 13.0. The van der Waals surface area contributed by atoms with Gasteiger partial charge in [0.15, 0.2) is 0 Å². The molecule has 0 saturated heterocycles. The van der Waals surface area contributed by atoms with Gasteiger partial charge in [0.25, 0.3) is 0 Å². The first-order valence-corrected chi connectivity index (χ1v) is 3.92. The van der Waals surface area contributed by atoms with E-state index in [0.717, 1.165) is 7.11 Å². The Kier molecular flexibility index (Phi) is 3.11. The maximum atomic E-state index is 13.0. The second-order valence-electron chi connectivity index (χ2n) is 2.69. The predicted molar refractivity (Wildman–Crippen MR) is 44.9 cm³/mol. The van der Waals surface area contributed by atoms with Gasteiger partial charge in [-0.2, -0.15) is 8.78 Å². The molecule has 0 aliphatic carbocycles. The van der Waals surface area contributed by atoms with Crippen LogP contribution in [0.3, 0.4) is 0 Å². The number of alkyl halides is 2. The molecule has 0 aliphatic heterocycles. The molecule has 1 heterocycles. The Morgan fingerprint density at radius 3 is 2.79 bits per heavy atom. The van der Waals surface area contributed by atoms with Crippen LogP contribution < -0.4 is 0 Å². The number of hydrogen-bond acceptors (Lipinski definition) is 3.